The van der Waals surface area contributed by atoms with E-state index < -0.39 is 5.97 Å². The van der Waals surface area contributed by atoms with Crippen molar-refractivity contribution in [3.8, 4) is 5.75 Å². The fourth-order valence-corrected chi connectivity index (χ4v) is 3.44. The number of hydrogen-bond donors (Lipinski definition) is 0. The number of carboxylic acid groups (broad SMARTS) is 1. The average Bonchev–Trinajstić information content (AvgIpc) is 2.74. The van der Waals surface area contributed by atoms with Crippen molar-refractivity contribution in [2.75, 3.05) is 13.2 Å². The maximum Gasteiger partial charge on any atom is 0.266 e. The molecule has 0 bridgehead atoms. The number of carboxylic acids is 1. The van der Waals surface area contributed by atoms with Crippen LogP contribution in [0.3, 0.4) is 0 Å². The van der Waals surface area contributed by atoms with E-state index >= 15 is 0 Å². The van der Waals surface area contributed by atoms with Gasteiger partial charge in [-0.3, -0.25) is 9.69 Å². The molecule has 0 saturated carbocycles. The number of rotatable bonds is 6. The summed E-state index contributed by atoms with van der Waals surface area (Å²) in [5.41, 5.74) is 0.666. The van der Waals surface area contributed by atoms with Crippen LogP contribution >= 0.6 is 35.6 Å². The zero-order valence-electron chi connectivity index (χ0n) is 12.2. The summed E-state index contributed by atoms with van der Waals surface area (Å²) in [6, 6.07) is 5.13. The molecule has 0 N–H and O–H groups in total. The molecular formula is C15H13ClNO4S2-. The van der Waals surface area contributed by atoms with Crippen LogP contribution in [0.1, 0.15) is 18.9 Å². The van der Waals surface area contributed by atoms with Crippen LogP contribution < -0.4 is 9.84 Å². The van der Waals surface area contributed by atoms with Gasteiger partial charge in [0.2, 0.25) is 0 Å². The Morgan fingerprint density at radius 1 is 1.52 bits per heavy atom. The molecule has 0 atom stereocenters. The van der Waals surface area contributed by atoms with E-state index in [0.717, 1.165) is 11.8 Å². The van der Waals surface area contributed by atoms with Crippen LogP contribution in [-0.4, -0.2) is 34.2 Å². The van der Waals surface area contributed by atoms with Gasteiger partial charge in [0.15, 0.2) is 0 Å². The Hall–Kier alpha value is -1.57. The van der Waals surface area contributed by atoms with Crippen LogP contribution in [-0.2, 0) is 9.59 Å². The number of aliphatic carboxylic acids is 1. The first-order valence-electron chi connectivity index (χ1n) is 6.80. The third kappa shape index (κ3) is 4.46. The highest BCUT2D eigenvalue weighted by molar-refractivity contribution is 8.26. The van der Waals surface area contributed by atoms with Gasteiger partial charge in [-0.1, -0.05) is 35.6 Å². The molecule has 0 spiro atoms. The van der Waals surface area contributed by atoms with Crippen molar-refractivity contribution in [2.24, 2.45) is 0 Å². The van der Waals surface area contributed by atoms with Crippen molar-refractivity contribution >= 4 is 57.9 Å². The number of thiocarbonyl (C=S) groups is 1. The van der Waals surface area contributed by atoms with Gasteiger partial charge in [-0.05, 0) is 31.2 Å². The molecule has 23 heavy (non-hydrogen) atoms. The summed E-state index contributed by atoms with van der Waals surface area (Å²) < 4.78 is 5.84. The maximum atomic E-state index is 12.3. The number of amides is 1. The SMILES string of the molecule is CCOc1ccc(Cl)cc1/C=C1\SC(=S)N(CCC(=O)[O-])C1=O. The number of halogens is 1. The van der Waals surface area contributed by atoms with Crippen molar-refractivity contribution in [3.63, 3.8) is 0 Å². The van der Waals surface area contributed by atoms with Gasteiger partial charge in [0, 0.05) is 29.5 Å². The van der Waals surface area contributed by atoms with Gasteiger partial charge in [-0.25, -0.2) is 0 Å². The average molecular weight is 371 g/mol. The number of hydrogen-bond acceptors (Lipinski definition) is 6. The topological polar surface area (TPSA) is 69.7 Å². The predicted molar refractivity (Wildman–Crippen MR) is 92.1 cm³/mol. The predicted octanol–water partition coefficient (Wildman–Crippen LogP) is 2.08. The van der Waals surface area contributed by atoms with Crippen LogP contribution in [0.25, 0.3) is 6.08 Å². The molecule has 1 aromatic carbocycles. The third-order valence-corrected chi connectivity index (χ3v) is 4.58. The second-order valence-corrected chi connectivity index (χ2v) is 6.68. The third-order valence-electron chi connectivity index (χ3n) is 2.97. The highest BCUT2D eigenvalue weighted by Gasteiger charge is 2.31. The van der Waals surface area contributed by atoms with E-state index in [1.165, 1.54) is 4.90 Å². The zero-order chi connectivity index (χ0) is 17.0. The molecule has 2 rings (SSSR count). The maximum absolute atomic E-state index is 12.3. The van der Waals surface area contributed by atoms with E-state index in [9.17, 15) is 14.7 Å². The van der Waals surface area contributed by atoms with Gasteiger partial charge in [0.05, 0.1) is 11.5 Å². The molecule has 1 aliphatic heterocycles. The van der Waals surface area contributed by atoms with Gasteiger partial charge in [0.25, 0.3) is 5.91 Å². The second-order valence-electron chi connectivity index (χ2n) is 4.57. The van der Waals surface area contributed by atoms with E-state index in [2.05, 4.69) is 0 Å². The van der Waals surface area contributed by atoms with Crippen molar-refractivity contribution in [2.45, 2.75) is 13.3 Å². The molecule has 1 heterocycles. The Bertz CT molecular complexity index is 690. The summed E-state index contributed by atoms with van der Waals surface area (Å²) in [4.78, 5) is 24.6. The van der Waals surface area contributed by atoms with Crippen LogP contribution in [0.2, 0.25) is 5.02 Å². The summed E-state index contributed by atoms with van der Waals surface area (Å²) in [5.74, 6) is -0.947. The smallest absolute Gasteiger partial charge is 0.266 e. The summed E-state index contributed by atoms with van der Waals surface area (Å²) in [6.45, 7) is 2.34. The Morgan fingerprint density at radius 2 is 2.26 bits per heavy atom. The van der Waals surface area contributed by atoms with Crippen LogP contribution in [0.4, 0.5) is 0 Å². The summed E-state index contributed by atoms with van der Waals surface area (Å²) in [6.07, 6.45) is 1.39. The number of ether oxygens (including phenoxy) is 1. The normalized spacial score (nSPS) is 16.3. The molecule has 0 radical (unpaired) electrons. The van der Waals surface area contributed by atoms with Gasteiger partial charge in [0.1, 0.15) is 10.1 Å². The van der Waals surface area contributed by atoms with Gasteiger partial charge < -0.3 is 14.6 Å². The van der Waals surface area contributed by atoms with Crippen molar-refractivity contribution < 1.29 is 19.4 Å². The Balaban J connectivity index is 2.27. The van der Waals surface area contributed by atoms with Crippen LogP contribution in [0, 0.1) is 0 Å². The molecule has 122 valence electrons. The minimum absolute atomic E-state index is 0.00178. The van der Waals surface area contributed by atoms with E-state index in [0.29, 0.717) is 32.2 Å². The standard InChI is InChI=1S/C15H14ClNO4S2/c1-2-21-11-4-3-10(16)7-9(11)8-12-14(20)17(15(22)23-12)6-5-13(18)19/h3-4,7-8H,2,5-6H2,1H3,(H,18,19)/p-1/b12-8-. The summed E-state index contributed by atoms with van der Waals surface area (Å²) in [7, 11) is 0. The van der Waals surface area contributed by atoms with Gasteiger partial charge in [-0.2, -0.15) is 0 Å². The van der Waals surface area contributed by atoms with Crippen molar-refractivity contribution in [1.82, 2.24) is 4.90 Å². The molecule has 0 aromatic heterocycles. The minimum Gasteiger partial charge on any atom is -0.550 e. The van der Waals surface area contributed by atoms with Crippen molar-refractivity contribution in [1.29, 1.82) is 0 Å². The number of nitrogens with zero attached hydrogens (tertiary/aromatic N) is 1. The summed E-state index contributed by atoms with van der Waals surface area (Å²) >= 11 is 12.2. The lowest BCUT2D eigenvalue weighted by Crippen LogP contribution is -2.33. The molecular weight excluding hydrogens is 358 g/mol. The zero-order valence-corrected chi connectivity index (χ0v) is 14.6. The molecule has 1 aliphatic rings. The largest absolute Gasteiger partial charge is 0.550 e. The molecule has 0 unspecified atom stereocenters. The Morgan fingerprint density at radius 3 is 2.91 bits per heavy atom. The second kappa shape index (κ2) is 7.81. The first-order valence-corrected chi connectivity index (χ1v) is 8.40. The van der Waals surface area contributed by atoms with Gasteiger partial charge in [-0.15, -0.1) is 0 Å². The first-order chi connectivity index (χ1) is 10.9. The number of carbonyl (C=O) groups is 2. The lowest BCUT2D eigenvalue weighted by molar-refractivity contribution is -0.305. The van der Waals surface area contributed by atoms with E-state index in [1.54, 1.807) is 24.3 Å². The lowest BCUT2D eigenvalue weighted by atomic mass is 10.2. The van der Waals surface area contributed by atoms with E-state index in [1.807, 2.05) is 6.92 Å². The van der Waals surface area contributed by atoms with Crippen molar-refractivity contribution in [3.05, 3.63) is 33.7 Å². The fourth-order valence-electron chi connectivity index (χ4n) is 1.96. The number of thioether (sulfide) groups is 1. The highest BCUT2D eigenvalue weighted by Crippen LogP contribution is 2.35. The molecule has 1 fully saturated rings. The molecule has 1 aromatic rings. The van der Waals surface area contributed by atoms with Crippen LogP contribution in [0.15, 0.2) is 23.1 Å². The lowest BCUT2D eigenvalue weighted by Gasteiger charge is -2.14. The molecule has 0 aliphatic carbocycles. The first kappa shape index (κ1) is 17.8. The number of benzene rings is 1. The molecule has 8 heteroatoms. The monoisotopic (exact) mass is 370 g/mol. The molecule has 1 saturated heterocycles. The van der Waals surface area contributed by atoms with Gasteiger partial charge >= 0.3 is 0 Å². The van der Waals surface area contributed by atoms with Crippen LogP contribution in [0.5, 0.6) is 5.75 Å². The Kier molecular flexibility index (Phi) is 6.04. The minimum atomic E-state index is -1.23. The molecule has 5 nitrogen and oxygen atoms in total. The highest BCUT2D eigenvalue weighted by atomic mass is 35.5. The fraction of sp³-hybridized carbons (Fsp3) is 0.267. The Labute approximate surface area is 148 Å². The van der Waals surface area contributed by atoms with E-state index in [-0.39, 0.29) is 18.9 Å². The number of carbonyl (C=O) groups excluding carboxylic acids is 2. The summed E-state index contributed by atoms with van der Waals surface area (Å²) in [5, 5.41) is 11.1. The molecule has 1 amide bonds. The quantitative estimate of drug-likeness (QED) is 0.564. The van der Waals surface area contributed by atoms with E-state index in [4.69, 9.17) is 28.6 Å².